The lowest BCUT2D eigenvalue weighted by atomic mass is 10.1. The molecule has 2 heterocycles. The van der Waals surface area contributed by atoms with E-state index in [-0.39, 0.29) is 17.1 Å². The Morgan fingerprint density at radius 2 is 2.08 bits per heavy atom. The number of hydrogen-bond acceptors (Lipinski definition) is 5. The summed E-state index contributed by atoms with van der Waals surface area (Å²) in [7, 11) is 3.02. The number of carbonyl (C=O) groups is 1. The summed E-state index contributed by atoms with van der Waals surface area (Å²) in [5.74, 6) is 0.534. The number of carbonyl (C=O) groups excluding carboxylic acids is 1. The van der Waals surface area contributed by atoms with Crippen molar-refractivity contribution in [1.82, 2.24) is 10.3 Å². The second-order valence-corrected chi connectivity index (χ2v) is 5.63. The molecule has 1 aromatic carbocycles. The largest absolute Gasteiger partial charge is 0.493 e. The molecule has 7 nitrogen and oxygen atoms in total. The summed E-state index contributed by atoms with van der Waals surface area (Å²) in [5.41, 5.74) is 0.288. The number of H-pyrrole nitrogens is 1. The number of aromatic amines is 1. The van der Waals surface area contributed by atoms with Gasteiger partial charge < -0.3 is 24.5 Å². The Morgan fingerprint density at radius 1 is 1.33 bits per heavy atom. The molecule has 0 bridgehead atoms. The minimum absolute atomic E-state index is 0.0258. The Bertz CT molecular complexity index is 808. The van der Waals surface area contributed by atoms with Gasteiger partial charge >= 0.3 is 0 Å². The van der Waals surface area contributed by atoms with Gasteiger partial charge in [0, 0.05) is 25.4 Å². The number of nitrogens with one attached hydrogen (secondary N) is 2. The minimum Gasteiger partial charge on any atom is -0.493 e. The van der Waals surface area contributed by atoms with Gasteiger partial charge in [0.1, 0.15) is 5.56 Å². The van der Waals surface area contributed by atoms with Crippen molar-refractivity contribution in [3.05, 3.63) is 34.1 Å². The van der Waals surface area contributed by atoms with Crippen molar-refractivity contribution in [3.63, 3.8) is 0 Å². The van der Waals surface area contributed by atoms with Crippen molar-refractivity contribution < 1.29 is 19.0 Å². The first-order chi connectivity index (χ1) is 11.6. The van der Waals surface area contributed by atoms with E-state index in [0.29, 0.717) is 28.9 Å². The highest BCUT2D eigenvalue weighted by Gasteiger charge is 2.19. The second kappa shape index (κ2) is 6.92. The van der Waals surface area contributed by atoms with Crippen molar-refractivity contribution >= 4 is 16.8 Å². The molecule has 128 valence electrons. The molecule has 1 aliphatic heterocycles. The summed E-state index contributed by atoms with van der Waals surface area (Å²) in [4.78, 5) is 27.9. The standard InChI is InChI=1S/C17H20N2O5/c1-22-14-6-11-13(7-15(14)23-2)18-9-12(16(11)20)17(21)19-8-10-4-3-5-24-10/h6-7,9-10H,3-5,8H2,1-2H3,(H,18,20)(H,19,21). The molecule has 1 saturated heterocycles. The van der Waals surface area contributed by atoms with Crippen molar-refractivity contribution in [3.8, 4) is 11.5 Å². The molecule has 0 radical (unpaired) electrons. The third kappa shape index (κ3) is 3.07. The van der Waals surface area contributed by atoms with E-state index >= 15 is 0 Å². The molecule has 1 amide bonds. The van der Waals surface area contributed by atoms with Crippen LogP contribution in [0.25, 0.3) is 10.9 Å². The van der Waals surface area contributed by atoms with Crippen LogP contribution in [0.5, 0.6) is 11.5 Å². The third-order valence-electron chi connectivity index (χ3n) is 4.14. The Balaban J connectivity index is 1.89. The van der Waals surface area contributed by atoms with Crippen molar-refractivity contribution in [2.45, 2.75) is 18.9 Å². The molecule has 0 spiro atoms. The highest BCUT2D eigenvalue weighted by Crippen LogP contribution is 2.30. The zero-order valence-electron chi connectivity index (χ0n) is 13.7. The number of ether oxygens (including phenoxy) is 3. The molecule has 0 saturated carbocycles. The summed E-state index contributed by atoms with van der Waals surface area (Å²) in [6.45, 7) is 1.13. The van der Waals surface area contributed by atoms with Crippen molar-refractivity contribution in [2.24, 2.45) is 0 Å². The molecule has 7 heteroatoms. The average molecular weight is 332 g/mol. The van der Waals surface area contributed by atoms with Gasteiger partial charge in [-0.2, -0.15) is 0 Å². The Hall–Kier alpha value is -2.54. The van der Waals surface area contributed by atoms with E-state index in [4.69, 9.17) is 14.2 Å². The molecule has 1 aliphatic rings. The van der Waals surface area contributed by atoms with E-state index in [2.05, 4.69) is 10.3 Å². The van der Waals surface area contributed by atoms with Crippen LogP contribution in [0.15, 0.2) is 23.1 Å². The monoisotopic (exact) mass is 332 g/mol. The number of aromatic nitrogens is 1. The predicted molar refractivity (Wildman–Crippen MR) is 89.0 cm³/mol. The molecule has 2 N–H and O–H groups in total. The number of amides is 1. The molecule has 2 aromatic rings. The first-order valence-corrected chi connectivity index (χ1v) is 7.81. The Kier molecular flexibility index (Phi) is 4.71. The fourth-order valence-electron chi connectivity index (χ4n) is 2.82. The summed E-state index contributed by atoms with van der Waals surface area (Å²) >= 11 is 0. The zero-order valence-corrected chi connectivity index (χ0v) is 13.7. The summed E-state index contributed by atoms with van der Waals surface area (Å²) in [6, 6.07) is 3.24. The van der Waals surface area contributed by atoms with Gasteiger partial charge in [-0.05, 0) is 18.9 Å². The van der Waals surface area contributed by atoms with Gasteiger partial charge in [-0.25, -0.2) is 0 Å². The zero-order chi connectivity index (χ0) is 17.1. The lowest BCUT2D eigenvalue weighted by Crippen LogP contribution is -2.34. The summed E-state index contributed by atoms with van der Waals surface area (Å²) in [5, 5.41) is 3.13. The fraction of sp³-hybridized carbons (Fsp3) is 0.412. The van der Waals surface area contributed by atoms with Crippen LogP contribution in [0, 0.1) is 0 Å². The number of rotatable bonds is 5. The molecule has 1 fully saturated rings. The molecule has 0 aliphatic carbocycles. The van der Waals surface area contributed by atoms with Gasteiger partial charge in [0.2, 0.25) is 5.43 Å². The number of benzene rings is 1. The van der Waals surface area contributed by atoms with Gasteiger partial charge in [0.15, 0.2) is 11.5 Å². The van der Waals surface area contributed by atoms with Crippen LogP contribution in [0.3, 0.4) is 0 Å². The molecular weight excluding hydrogens is 312 g/mol. The molecular formula is C17H20N2O5. The van der Waals surface area contributed by atoms with Gasteiger partial charge in [-0.1, -0.05) is 0 Å². The second-order valence-electron chi connectivity index (χ2n) is 5.63. The van der Waals surface area contributed by atoms with Crippen molar-refractivity contribution in [1.29, 1.82) is 0 Å². The number of pyridine rings is 1. The van der Waals surface area contributed by atoms with Gasteiger partial charge in [0.05, 0.1) is 31.2 Å². The summed E-state index contributed by atoms with van der Waals surface area (Å²) < 4.78 is 15.9. The van der Waals surface area contributed by atoms with Crippen LogP contribution in [0.4, 0.5) is 0 Å². The quantitative estimate of drug-likeness (QED) is 0.865. The predicted octanol–water partition coefficient (Wildman–Crippen LogP) is 1.45. The SMILES string of the molecule is COc1cc2[nH]cc(C(=O)NCC3CCCO3)c(=O)c2cc1OC. The van der Waals surface area contributed by atoms with E-state index in [9.17, 15) is 9.59 Å². The molecule has 1 atom stereocenters. The van der Waals surface area contributed by atoms with Crippen LogP contribution in [0.2, 0.25) is 0 Å². The fourth-order valence-corrected chi connectivity index (χ4v) is 2.82. The van der Waals surface area contributed by atoms with E-state index in [1.54, 1.807) is 12.1 Å². The molecule has 24 heavy (non-hydrogen) atoms. The Morgan fingerprint density at radius 3 is 2.75 bits per heavy atom. The first-order valence-electron chi connectivity index (χ1n) is 7.81. The lowest BCUT2D eigenvalue weighted by molar-refractivity contribution is 0.0857. The average Bonchev–Trinajstić information content (AvgIpc) is 3.12. The van der Waals surface area contributed by atoms with E-state index in [1.165, 1.54) is 20.4 Å². The van der Waals surface area contributed by atoms with E-state index in [0.717, 1.165) is 19.4 Å². The maximum absolute atomic E-state index is 12.6. The summed E-state index contributed by atoms with van der Waals surface area (Å²) in [6.07, 6.45) is 3.36. The smallest absolute Gasteiger partial charge is 0.256 e. The molecule has 3 rings (SSSR count). The maximum Gasteiger partial charge on any atom is 0.256 e. The van der Waals surface area contributed by atoms with E-state index in [1.807, 2.05) is 0 Å². The lowest BCUT2D eigenvalue weighted by Gasteiger charge is -2.12. The van der Waals surface area contributed by atoms with Gasteiger partial charge in [0.25, 0.3) is 5.91 Å². The third-order valence-corrected chi connectivity index (χ3v) is 4.14. The van der Waals surface area contributed by atoms with E-state index < -0.39 is 5.91 Å². The maximum atomic E-state index is 12.6. The van der Waals surface area contributed by atoms with Crippen LogP contribution < -0.4 is 20.2 Å². The highest BCUT2D eigenvalue weighted by atomic mass is 16.5. The van der Waals surface area contributed by atoms with Crippen LogP contribution in [-0.2, 0) is 4.74 Å². The Labute approximate surface area is 138 Å². The van der Waals surface area contributed by atoms with Crippen LogP contribution in [-0.4, -0.2) is 44.4 Å². The normalized spacial score (nSPS) is 17.0. The topological polar surface area (TPSA) is 89.7 Å². The van der Waals surface area contributed by atoms with Gasteiger partial charge in [-0.3, -0.25) is 9.59 Å². The van der Waals surface area contributed by atoms with Crippen molar-refractivity contribution in [2.75, 3.05) is 27.4 Å². The van der Waals surface area contributed by atoms with Gasteiger partial charge in [-0.15, -0.1) is 0 Å². The van der Waals surface area contributed by atoms with Crippen LogP contribution >= 0.6 is 0 Å². The highest BCUT2D eigenvalue weighted by molar-refractivity contribution is 5.97. The molecule has 1 unspecified atom stereocenters. The minimum atomic E-state index is -0.413. The number of fused-ring (bicyclic) bond motifs is 1. The number of hydrogen-bond donors (Lipinski definition) is 2. The number of methoxy groups -OCH3 is 2. The molecule has 1 aromatic heterocycles. The first kappa shape index (κ1) is 16.3. The van der Waals surface area contributed by atoms with Crippen LogP contribution in [0.1, 0.15) is 23.2 Å².